The summed E-state index contributed by atoms with van der Waals surface area (Å²) in [6.07, 6.45) is 2.89. The molecule has 1 heterocycles. The predicted octanol–water partition coefficient (Wildman–Crippen LogP) is 6.28. The van der Waals surface area contributed by atoms with Gasteiger partial charge in [0.25, 0.3) is 5.91 Å². The number of rotatable bonds is 7. The fourth-order valence-corrected chi connectivity index (χ4v) is 4.14. The molecule has 0 N–H and O–H groups in total. The number of ether oxygens (including phenoxy) is 1. The number of nitrogens with zero attached hydrogens (tertiary/aromatic N) is 2. The van der Waals surface area contributed by atoms with Crippen molar-refractivity contribution in [3.8, 4) is 5.75 Å². The second kappa shape index (κ2) is 10.1. The summed E-state index contributed by atoms with van der Waals surface area (Å²) in [6.45, 7) is 3.26. The minimum atomic E-state index is -0.0326. The number of hydrogen-bond donors (Lipinski definition) is 0. The van der Waals surface area contributed by atoms with E-state index in [-0.39, 0.29) is 5.91 Å². The van der Waals surface area contributed by atoms with Crippen LogP contribution in [0.1, 0.15) is 24.5 Å². The van der Waals surface area contributed by atoms with Gasteiger partial charge in [-0.25, -0.2) is 4.99 Å². The third kappa shape index (κ3) is 5.44. The van der Waals surface area contributed by atoms with E-state index in [1.54, 1.807) is 4.90 Å². The molecule has 0 spiro atoms. The summed E-state index contributed by atoms with van der Waals surface area (Å²) in [6, 6.07) is 27.5. The highest BCUT2D eigenvalue weighted by molar-refractivity contribution is 8.18. The lowest BCUT2D eigenvalue weighted by Crippen LogP contribution is -2.28. The number of thioether (sulfide) groups is 1. The van der Waals surface area contributed by atoms with Gasteiger partial charge in [-0.2, -0.15) is 0 Å². The van der Waals surface area contributed by atoms with Crippen LogP contribution >= 0.6 is 11.8 Å². The summed E-state index contributed by atoms with van der Waals surface area (Å²) >= 11 is 1.41. The van der Waals surface area contributed by atoms with Crippen LogP contribution in [-0.4, -0.2) is 22.6 Å². The van der Waals surface area contributed by atoms with Gasteiger partial charge in [0.15, 0.2) is 5.17 Å². The highest BCUT2D eigenvalue weighted by Gasteiger charge is 2.33. The van der Waals surface area contributed by atoms with Crippen molar-refractivity contribution < 1.29 is 9.53 Å². The van der Waals surface area contributed by atoms with Gasteiger partial charge in [-0.15, -0.1) is 0 Å². The highest BCUT2D eigenvalue weighted by Crippen LogP contribution is 2.35. The SMILES string of the molecule is CCCOc1ccc(/C=C2\SC(=Nc3ccccc3)N(Cc3ccccc3)C2=O)cc1. The Kier molecular flexibility index (Phi) is 6.85. The summed E-state index contributed by atoms with van der Waals surface area (Å²) < 4.78 is 5.65. The summed E-state index contributed by atoms with van der Waals surface area (Å²) in [5.74, 6) is 0.807. The number of carbonyl (C=O) groups excluding carboxylic acids is 1. The van der Waals surface area contributed by atoms with Crippen molar-refractivity contribution in [3.63, 3.8) is 0 Å². The molecule has 0 bridgehead atoms. The summed E-state index contributed by atoms with van der Waals surface area (Å²) in [4.78, 5) is 20.4. The first-order chi connectivity index (χ1) is 15.2. The van der Waals surface area contributed by atoms with Crippen LogP contribution in [0.2, 0.25) is 0 Å². The van der Waals surface area contributed by atoms with E-state index in [4.69, 9.17) is 9.73 Å². The lowest BCUT2D eigenvalue weighted by atomic mass is 10.2. The Morgan fingerprint density at radius 3 is 2.29 bits per heavy atom. The van der Waals surface area contributed by atoms with Crippen molar-refractivity contribution >= 4 is 34.6 Å². The van der Waals surface area contributed by atoms with Gasteiger partial charge in [-0.3, -0.25) is 9.69 Å². The molecule has 3 aromatic carbocycles. The largest absolute Gasteiger partial charge is 0.494 e. The molecule has 1 amide bonds. The van der Waals surface area contributed by atoms with E-state index in [2.05, 4.69) is 6.92 Å². The van der Waals surface area contributed by atoms with Crippen molar-refractivity contribution in [2.24, 2.45) is 4.99 Å². The smallest absolute Gasteiger partial charge is 0.267 e. The Morgan fingerprint density at radius 2 is 1.61 bits per heavy atom. The molecule has 4 rings (SSSR count). The zero-order valence-corrected chi connectivity index (χ0v) is 18.2. The monoisotopic (exact) mass is 428 g/mol. The standard InChI is InChI=1S/C26H24N2O2S/c1-2-17-30-23-15-13-20(14-16-23)18-24-25(29)28(19-21-9-5-3-6-10-21)26(31-24)27-22-11-7-4-8-12-22/h3-16,18H,2,17,19H2,1H3/b24-18-,27-26?. The molecular weight excluding hydrogens is 404 g/mol. The number of para-hydroxylation sites is 1. The van der Waals surface area contributed by atoms with E-state index in [0.717, 1.165) is 29.0 Å². The highest BCUT2D eigenvalue weighted by atomic mass is 32.2. The molecule has 1 fully saturated rings. The van der Waals surface area contributed by atoms with E-state index in [0.29, 0.717) is 23.2 Å². The van der Waals surface area contributed by atoms with Gasteiger partial charge < -0.3 is 4.74 Å². The molecule has 1 saturated heterocycles. The predicted molar refractivity (Wildman–Crippen MR) is 128 cm³/mol. The molecular formula is C26H24N2O2S. The third-order valence-corrected chi connectivity index (χ3v) is 5.71. The zero-order valence-electron chi connectivity index (χ0n) is 17.4. The number of carbonyl (C=O) groups is 1. The number of benzene rings is 3. The van der Waals surface area contributed by atoms with Crippen LogP contribution < -0.4 is 4.74 Å². The van der Waals surface area contributed by atoms with Crippen molar-refractivity contribution in [2.75, 3.05) is 6.61 Å². The molecule has 0 saturated carbocycles. The van der Waals surface area contributed by atoms with Crippen molar-refractivity contribution in [2.45, 2.75) is 19.9 Å². The summed E-state index contributed by atoms with van der Waals surface area (Å²) in [5, 5.41) is 0.689. The molecule has 0 atom stereocenters. The van der Waals surface area contributed by atoms with Crippen LogP contribution in [-0.2, 0) is 11.3 Å². The van der Waals surface area contributed by atoms with Gasteiger partial charge in [-0.1, -0.05) is 67.6 Å². The number of amidine groups is 1. The second-order valence-electron chi connectivity index (χ2n) is 7.13. The molecule has 0 radical (unpaired) electrons. The number of aliphatic imine (C=N–C) groups is 1. The molecule has 1 aliphatic heterocycles. The van der Waals surface area contributed by atoms with E-state index < -0.39 is 0 Å². The zero-order chi connectivity index (χ0) is 21.5. The minimum absolute atomic E-state index is 0.0326. The quantitative estimate of drug-likeness (QED) is 0.416. The molecule has 31 heavy (non-hydrogen) atoms. The van der Waals surface area contributed by atoms with Crippen molar-refractivity contribution in [1.29, 1.82) is 0 Å². The van der Waals surface area contributed by atoms with Crippen LogP contribution in [0.5, 0.6) is 5.75 Å². The molecule has 3 aromatic rings. The van der Waals surface area contributed by atoms with Crippen LogP contribution in [0.4, 0.5) is 5.69 Å². The van der Waals surface area contributed by atoms with Gasteiger partial charge >= 0.3 is 0 Å². The first-order valence-corrected chi connectivity index (χ1v) is 11.2. The van der Waals surface area contributed by atoms with Gasteiger partial charge in [0.1, 0.15) is 5.75 Å². The third-order valence-electron chi connectivity index (χ3n) is 4.70. The lowest BCUT2D eigenvalue weighted by molar-refractivity contribution is -0.122. The van der Waals surface area contributed by atoms with Crippen molar-refractivity contribution in [3.05, 3.63) is 101 Å². The minimum Gasteiger partial charge on any atom is -0.494 e. The first-order valence-electron chi connectivity index (χ1n) is 10.3. The van der Waals surface area contributed by atoms with Crippen LogP contribution in [0.25, 0.3) is 6.08 Å². The Labute approximate surface area is 187 Å². The van der Waals surface area contributed by atoms with E-state index in [1.165, 1.54) is 11.8 Å². The van der Waals surface area contributed by atoms with Gasteiger partial charge in [0, 0.05) is 0 Å². The Bertz CT molecular complexity index is 1080. The lowest BCUT2D eigenvalue weighted by Gasteiger charge is -2.15. The van der Waals surface area contributed by atoms with E-state index >= 15 is 0 Å². The van der Waals surface area contributed by atoms with E-state index in [1.807, 2.05) is 91.0 Å². The maximum Gasteiger partial charge on any atom is 0.267 e. The number of hydrogen-bond acceptors (Lipinski definition) is 4. The molecule has 1 aliphatic rings. The van der Waals surface area contributed by atoms with Crippen LogP contribution in [0, 0.1) is 0 Å². The Morgan fingerprint density at radius 1 is 0.935 bits per heavy atom. The molecule has 0 unspecified atom stereocenters. The summed E-state index contributed by atoms with van der Waals surface area (Å²) in [7, 11) is 0. The molecule has 5 heteroatoms. The second-order valence-corrected chi connectivity index (χ2v) is 8.14. The van der Waals surface area contributed by atoms with Gasteiger partial charge in [-0.05, 0) is 59.7 Å². The maximum absolute atomic E-state index is 13.3. The Hall–Kier alpha value is -3.31. The summed E-state index contributed by atoms with van der Waals surface area (Å²) in [5.41, 5.74) is 2.85. The fourth-order valence-electron chi connectivity index (χ4n) is 3.14. The average Bonchev–Trinajstić information content (AvgIpc) is 3.09. The number of amides is 1. The topological polar surface area (TPSA) is 41.9 Å². The van der Waals surface area contributed by atoms with Crippen molar-refractivity contribution in [1.82, 2.24) is 4.90 Å². The van der Waals surface area contributed by atoms with Crippen LogP contribution in [0.15, 0.2) is 94.8 Å². The van der Waals surface area contributed by atoms with Gasteiger partial charge in [0.05, 0.1) is 23.7 Å². The molecule has 156 valence electrons. The molecule has 0 aromatic heterocycles. The first kappa shape index (κ1) is 20.9. The fraction of sp³-hybridized carbons (Fsp3) is 0.154. The van der Waals surface area contributed by atoms with E-state index in [9.17, 15) is 4.79 Å². The molecule has 4 nitrogen and oxygen atoms in total. The normalized spacial score (nSPS) is 16.3. The average molecular weight is 429 g/mol. The maximum atomic E-state index is 13.3. The van der Waals surface area contributed by atoms with Crippen LogP contribution in [0.3, 0.4) is 0 Å². The Balaban J connectivity index is 1.61. The van der Waals surface area contributed by atoms with Gasteiger partial charge in [0.2, 0.25) is 0 Å². The molecule has 0 aliphatic carbocycles.